The second kappa shape index (κ2) is 6.90. The summed E-state index contributed by atoms with van der Waals surface area (Å²) in [5.74, 6) is 0.679. The number of hydrogen-bond acceptors (Lipinski definition) is 3. The highest BCUT2D eigenvalue weighted by Crippen LogP contribution is 2.28. The maximum Gasteiger partial charge on any atom is 0.240 e. The quantitative estimate of drug-likeness (QED) is 0.848. The zero-order valence-electron chi connectivity index (χ0n) is 12.9. The first-order chi connectivity index (χ1) is 9.94. The van der Waals surface area contributed by atoms with E-state index in [1.165, 1.54) is 12.8 Å². The molecule has 0 aliphatic heterocycles. The first-order valence-corrected chi connectivity index (χ1v) is 9.24. The minimum atomic E-state index is -3.50. The Kier molecular flexibility index (Phi) is 5.41. The second-order valence-corrected chi connectivity index (χ2v) is 7.95. The molecular formula is C16H26N2O2S. The molecule has 21 heavy (non-hydrogen) atoms. The molecule has 1 fully saturated rings. The average Bonchev–Trinajstić information content (AvgIpc) is 2.99. The van der Waals surface area contributed by atoms with E-state index in [2.05, 4.69) is 18.6 Å². The normalized spacial score (nSPS) is 18.3. The lowest BCUT2D eigenvalue weighted by Gasteiger charge is -2.23. The average molecular weight is 310 g/mol. The number of benzene rings is 1. The van der Waals surface area contributed by atoms with Gasteiger partial charge in [0.05, 0.1) is 4.90 Å². The van der Waals surface area contributed by atoms with E-state index < -0.39 is 10.0 Å². The standard InChI is InChI=1S/C16H26N2O2S/c1-12(2)14-8-5-9-15(10-14)21(19,20)18-16(11-17)13-6-3-4-7-13/h5,8-10,12-13,16,18H,3-4,6-7,11,17H2,1-2H3. The minimum absolute atomic E-state index is 0.153. The molecular weight excluding hydrogens is 284 g/mol. The van der Waals surface area contributed by atoms with E-state index in [1.807, 2.05) is 6.07 Å². The molecule has 118 valence electrons. The van der Waals surface area contributed by atoms with Gasteiger partial charge in [0, 0.05) is 12.6 Å². The van der Waals surface area contributed by atoms with Crippen LogP contribution in [0.2, 0.25) is 0 Å². The van der Waals surface area contributed by atoms with Gasteiger partial charge < -0.3 is 5.73 Å². The highest BCUT2D eigenvalue weighted by molar-refractivity contribution is 7.89. The van der Waals surface area contributed by atoms with Crippen molar-refractivity contribution < 1.29 is 8.42 Å². The van der Waals surface area contributed by atoms with Gasteiger partial charge in [0.25, 0.3) is 0 Å². The van der Waals surface area contributed by atoms with Crippen molar-refractivity contribution in [2.24, 2.45) is 11.7 Å². The first kappa shape index (κ1) is 16.5. The van der Waals surface area contributed by atoms with Crippen LogP contribution in [0.25, 0.3) is 0 Å². The van der Waals surface area contributed by atoms with Gasteiger partial charge >= 0.3 is 0 Å². The van der Waals surface area contributed by atoms with Gasteiger partial charge in [-0.05, 0) is 42.4 Å². The van der Waals surface area contributed by atoms with Crippen molar-refractivity contribution in [1.29, 1.82) is 0 Å². The van der Waals surface area contributed by atoms with Crippen molar-refractivity contribution in [3.63, 3.8) is 0 Å². The molecule has 1 saturated carbocycles. The lowest BCUT2D eigenvalue weighted by molar-refractivity contribution is 0.405. The SMILES string of the molecule is CC(C)c1cccc(S(=O)(=O)NC(CN)C2CCCC2)c1. The van der Waals surface area contributed by atoms with Gasteiger partial charge in [-0.2, -0.15) is 0 Å². The Labute approximate surface area is 128 Å². The Morgan fingerprint density at radius 2 is 1.95 bits per heavy atom. The Morgan fingerprint density at radius 1 is 1.29 bits per heavy atom. The van der Waals surface area contributed by atoms with Crippen LogP contribution in [-0.2, 0) is 10.0 Å². The fourth-order valence-corrected chi connectivity index (χ4v) is 4.38. The molecule has 0 bridgehead atoms. The number of nitrogens with one attached hydrogen (secondary N) is 1. The fourth-order valence-electron chi connectivity index (χ4n) is 3.00. The van der Waals surface area contributed by atoms with Crippen molar-refractivity contribution >= 4 is 10.0 Å². The summed E-state index contributed by atoms with van der Waals surface area (Å²) >= 11 is 0. The highest BCUT2D eigenvalue weighted by atomic mass is 32.2. The predicted molar refractivity (Wildman–Crippen MR) is 85.7 cm³/mol. The molecule has 0 spiro atoms. The van der Waals surface area contributed by atoms with E-state index in [0.29, 0.717) is 23.3 Å². The number of sulfonamides is 1. The molecule has 4 nitrogen and oxygen atoms in total. The maximum atomic E-state index is 12.6. The molecule has 0 amide bonds. The summed E-state index contributed by atoms with van der Waals surface area (Å²) in [5, 5.41) is 0. The summed E-state index contributed by atoms with van der Waals surface area (Å²) in [6.07, 6.45) is 4.48. The fraction of sp³-hybridized carbons (Fsp3) is 0.625. The first-order valence-electron chi connectivity index (χ1n) is 7.76. The van der Waals surface area contributed by atoms with Crippen LogP contribution in [0.4, 0.5) is 0 Å². The number of nitrogens with two attached hydrogens (primary N) is 1. The van der Waals surface area contributed by atoms with E-state index in [-0.39, 0.29) is 6.04 Å². The topological polar surface area (TPSA) is 72.2 Å². The molecule has 0 heterocycles. The van der Waals surface area contributed by atoms with Gasteiger partial charge in [0.2, 0.25) is 10.0 Å². The van der Waals surface area contributed by atoms with Crippen LogP contribution in [0.15, 0.2) is 29.2 Å². The summed E-state index contributed by atoms with van der Waals surface area (Å²) in [4.78, 5) is 0.338. The van der Waals surface area contributed by atoms with Crippen molar-refractivity contribution in [3.05, 3.63) is 29.8 Å². The van der Waals surface area contributed by atoms with E-state index in [4.69, 9.17) is 5.73 Å². The molecule has 1 aliphatic carbocycles. The summed E-state index contributed by atoms with van der Waals surface area (Å²) in [6.45, 7) is 4.47. The zero-order chi connectivity index (χ0) is 15.5. The Bertz CT molecular complexity index is 563. The van der Waals surface area contributed by atoms with Crippen molar-refractivity contribution in [3.8, 4) is 0 Å². The molecule has 0 aromatic heterocycles. The summed E-state index contributed by atoms with van der Waals surface area (Å²) < 4.78 is 27.9. The van der Waals surface area contributed by atoms with E-state index >= 15 is 0 Å². The molecule has 2 rings (SSSR count). The van der Waals surface area contributed by atoms with Gasteiger partial charge in [-0.1, -0.05) is 38.8 Å². The van der Waals surface area contributed by atoms with Gasteiger partial charge in [0.1, 0.15) is 0 Å². The molecule has 1 unspecified atom stereocenters. The second-order valence-electron chi connectivity index (χ2n) is 6.24. The van der Waals surface area contributed by atoms with E-state index in [0.717, 1.165) is 18.4 Å². The summed E-state index contributed by atoms with van der Waals surface area (Å²) in [6, 6.07) is 7.02. The Balaban J connectivity index is 2.18. The molecule has 3 N–H and O–H groups in total. The number of rotatable bonds is 6. The molecule has 0 saturated heterocycles. The lowest BCUT2D eigenvalue weighted by atomic mass is 9.99. The Morgan fingerprint density at radius 3 is 2.52 bits per heavy atom. The summed E-state index contributed by atoms with van der Waals surface area (Å²) in [5.41, 5.74) is 6.82. The smallest absolute Gasteiger partial charge is 0.240 e. The predicted octanol–water partition coefficient (Wildman–Crippen LogP) is 2.61. The molecule has 1 aromatic carbocycles. The van der Waals surface area contributed by atoms with Gasteiger partial charge in [-0.3, -0.25) is 0 Å². The third-order valence-corrected chi connectivity index (χ3v) is 5.85. The lowest BCUT2D eigenvalue weighted by Crippen LogP contribution is -2.44. The van der Waals surface area contributed by atoms with Crippen LogP contribution in [-0.4, -0.2) is 21.0 Å². The van der Waals surface area contributed by atoms with Gasteiger partial charge in [0.15, 0.2) is 0 Å². The summed E-state index contributed by atoms with van der Waals surface area (Å²) in [7, 11) is -3.50. The third-order valence-electron chi connectivity index (χ3n) is 4.36. The number of hydrogen-bond donors (Lipinski definition) is 2. The maximum absolute atomic E-state index is 12.6. The molecule has 0 radical (unpaired) electrons. The molecule has 1 aromatic rings. The van der Waals surface area contributed by atoms with Crippen LogP contribution in [0, 0.1) is 5.92 Å². The monoisotopic (exact) mass is 310 g/mol. The van der Waals surface area contributed by atoms with E-state index in [9.17, 15) is 8.42 Å². The molecule has 1 aliphatic rings. The van der Waals surface area contributed by atoms with Crippen LogP contribution in [0.3, 0.4) is 0 Å². The van der Waals surface area contributed by atoms with Crippen LogP contribution in [0.1, 0.15) is 51.0 Å². The largest absolute Gasteiger partial charge is 0.329 e. The van der Waals surface area contributed by atoms with Crippen LogP contribution >= 0.6 is 0 Å². The molecule has 1 atom stereocenters. The zero-order valence-corrected chi connectivity index (χ0v) is 13.7. The van der Waals surface area contributed by atoms with Crippen molar-refractivity contribution in [2.45, 2.75) is 56.4 Å². The Hall–Kier alpha value is -0.910. The van der Waals surface area contributed by atoms with Gasteiger partial charge in [-0.25, -0.2) is 13.1 Å². The minimum Gasteiger partial charge on any atom is -0.329 e. The van der Waals surface area contributed by atoms with E-state index in [1.54, 1.807) is 18.2 Å². The van der Waals surface area contributed by atoms with Crippen LogP contribution in [0.5, 0.6) is 0 Å². The van der Waals surface area contributed by atoms with Crippen molar-refractivity contribution in [1.82, 2.24) is 4.72 Å². The van der Waals surface area contributed by atoms with Gasteiger partial charge in [-0.15, -0.1) is 0 Å². The molecule has 5 heteroatoms. The van der Waals surface area contributed by atoms with Crippen molar-refractivity contribution in [2.75, 3.05) is 6.54 Å². The van der Waals surface area contributed by atoms with Crippen LogP contribution < -0.4 is 10.5 Å². The highest BCUT2D eigenvalue weighted by Gasteiger charge is 2.28. The third kappa shape index (κ3) is 4.05.